The van der Waals surface area contributed by atoms with Crippen LogP contribution < -0.4 is 0 Å². The normalized spacial score (nSPS) is 14.9. The molecular formula is C6H5ClF2O2. The topological polar surface area (TPSA) is 33.4 Å². The molecule has 0 aliphatic rings. The molecule has 2 nitrogen and oxygen atoms in total. The molecular weight excluding hydrogens is 178 g/mol. The van der Waals surface area contributed by atoms with E-state index < -0.39 is 11.5 Å². The van der Waals surface area contributed by atoms with Crippen molar-refractivity contribution in [1.82, 2.24) is 0 Å². The van der Waals surface area contributed by atoms with Crippen molar-refractivity contribution in [1.29, 1.82) is 0 Å². The van der Waals surface area contributed by atoms with Crippen LogP contribution in [0.25, 0.3) is 0 Å². The van der Waals surface area contributed by atoms with Crippen LogP contribution in [0.15, 0.2) is 22.8 Å². The lowest BCUT2D eigenvalue weighted by Crippen LogP contribution is -2.18. The van der Waals surface area contributed by atoms with Crippen molar-refractivity contribution in [2.24, 2.45) is 0 Å². The number of hydrogen-bond donors (Lipinski definition) is 1. The number of alkyl halides is 3. The fraction of sp³-hybridized carbons (Fsp3) is 0.333. The third kappa shape index (κ3) is 1.91. The molecule has 1 N–H and O–H groups in total. The number of furan rings is 1. The van der Waals surface area contributed by atoms with Crippen molar-refractivity contribution in [3.8, 4) is 0 Å². The molecule has 1 aromatic heterocycles. The fourth-order valence-corrected chi connectivity index (χ4v) is 0.716. The summed E-state index contributed by atoms with van der Waals surface area (Å²) in [6, 6.07) is 2.61. The minimum Gasteiger partial charge on any atom is -0.466 e. The minimum absolute atomic E-state index is 0.245. The van der Waals surface area contributed by atoms with Gasteiger partial charge in [0.1, 0.15) is 5.76 Å². The monoisotopic (exact) mass is 182 g/mol. The van der Waals surface area contributed by atoms with Gasteiger partial charge in [-0.2, -0.15) is 8.78 Å². The van der Waals surface area contributed by atoms with E-state index in [9.17, 15) is 8.78 Å². The zero-order valence-corrected chi connectivity index (χ0v) is 6.05. The Morgan fingerprint density at radius 1 is 1.64 bits per heavy atom. The zero-order valence-electron chi connectivity index (χ0n) is 5.30. The first-order chi connectivity index (χ1) is 5.02. The molecule has 0 saturated carbocycles. The molecule has 1 rings (SSSR count). The molecule has 0 bridgehead atoms. The Kier molecular flexibility index (Phi) is 2.15. The number of aliphatic hydroxyl groups excluding tert-OH is 1. The largest absolute Gasteiger partial charge is 0.466 e. The van der Waals surface area contributed by atoms with E-state index in [0.29, 0.717) is 0 Å². The molecule has 1 unspecified atom stereocenters. The van der Waals surface area contributed by atoms with Crippen molar-refractivity contribution in [2.75, 3.05) is 0 Å². The molecule has 0 fully saturated rings. The minimum atomic E-state index is -3.68. The Morgan fingerprint density at radius 3 is 2.64 bits per heavy atom. The van der Waals surface area contributed by atoms with Crippen LogP contribution in [0.2, 0.25) is 0 Å². The molecule has 0 radical (unpaired) electrons. The van der Waals surface area contributed by atoms with Crippen molar-refractivity contribution in [3.63, 3.8) is 0 Å². The van der Waals surface area contributed by atoms with Crippen LogP contribution in [-0.4, -0.2) is 10.5 Å². The second-order valence-electron chi connectivity index (χ2n) is 1.96. The van der Waals surface area contributed by atoms with Crippen LogP contribution >= 0.6 is 11.6 Å². The van der Waals surface area contributed by atoms with Crippen molar-refractivity contribution < 1.29 is 18.3 Å². The molecule has 0 aliphatic carbocycles. The van der Waals surface area contributed by atoms with Crippen molar-refractivity contribution in [2.45, 2.75) is 11.5 Å². The summed E-state index contributed by atoms with van der Waals surface area (Å²) in [4.78, 5) is 0. The molecule has 0 amide bonds. The lowest BCUT2D eigenvalue weighted by atomic mass is 10.3. The van der Waals surface area contributed by atoms with E-state index in [-0.39, 0.29) is 5.76 Å². The Bertz CT molecular complexity index is 217. The quantitative estimate of drug-likeness (QED) is 0.711. The standard InChI is InChI=1S/C6H5ClF2O2/c7-6(8,9)5(10)4-2-1-3-11-4/h1-3,5,10H. The van der Waals surface area contributed by atoms with Crippen LogP contribution in [0.1, 0.15) is 11.9 Å². The van der Waals surface area contributed by atoms with Gasteiger partial charge < -0.3 is 9.52 Å². The number of rotatable bonds is 2. The van der Waals surface area contributed by atoms with Gasteiger partial charge in [-0.05, 0) is 23.7 Å². The summed E-state index contributed by atoms with van der Waals surface area (Å²) in [5.41, 5.74) is 0. The molecule has 0 aliphatic heterocycles. The average Bonchev–Trinajstić information content (AvgIpc) is 2.34. The Balaban J connectivity index is 2.78. The van der Waals surface area contributed by atoms with Gasteiger partial charge in [0.15, 0.2) is 6.10 Å². The molecule has 1 aromatic rings. The highest BCUT2D eigenvalue weighted by atomic mass is 35.5. The summed E-state index contributed by atoms with van der Waals surface area (Å²) in [6.07, 6.45) is -0.902. The molecule has 0 saturated heterocycles. The molecule has 5 heteroatoms. The zero-order chi connectivity index (χ0) is 8.48. The van der Waals surface area contributed by atoms with E-state index in [0.717, 1.165) is 0 Å². The van der Waals surface area contributed by atoms with Crippen LogP contribution in [0.3, 0.4) is 0 Å². The van der Waals surface area contributed by atoms with Crippen molar-refractivity contribution >= 4 is 11.6 Å². The van der Waals surface area contributed by atoms with Gasteiger partial charge in [0.05, 0.1) is 6.26 Å². The van der Waals surface area contributed by atoms with Gasteiger partial charge in [0.25, 0.3) is 0 Å². The smallest absolute Gasteiger partial charge is 0.354 e. The van der Waals surface area contributed by atoms with Gasteiger partial charge in [-0.15, -0.1) is 0 Å². The highest BCUT2D eigenvalue weighted by Gasteiger charge is 2.38. The van der Waals surface area contributed by atoms with Crippen molar-refractivity contribution in [3.05, 3.63) is 24.2 Å². The third-order valence-electron chi connectivity index (χ3n) is 1.12. The van der Waals surface area contributed by atoms with Gasteiger partial charge in [0, 0.05) is 0 Å². The molecule has 62 valence electrons. The highest BCUT2D eigenvalue weighted by molar-refractivity contribution is 6.22. The maximum atomic E-state index is 12.1. The predicted molar refractivity (Wildman–Crippen MR) is 34.5 cm³/mol. The Morgan fingerprint density at radius 2 is 2.27 bits per heavy atom. The lowest BCUT2D eigenvalue weighted by molar-refractivity contribution is -0.0526. The summed E-state index contributed by atoms with van der Waals surface area (Å²) in [5, 5.41) is 5.09. The maximum Gasteiger partial charge on any atom is 0.354 e. The summed E-state index contributed by atoms with van der Waals surface area (Å²) in [7, 11) is 0. The molecule has 0 aromatic carbocycles. The van der Waals surface area contributed by atoms with E-state index >= 15 is 0 Å². The van der Waals surface area contributed by atoms with E-state index in [1.165, 1.54) is 18.4 Å². The first-order valence-corrected chi connectivity index (χ1v) is 3.18. The summed E-state index contributed by atoms with van der Waals surface area (Å²) < 4.78 is 28.8. The Labute approximate surface area is 66.4 Å². The lowest BCUT2D eigenvalue weighted by Gasteiger charge is -2.12. The van der Waals surface area contributed by atoms with E-state index in [1.807, 2.05) is 0 Å². The van der Waals surface area contributed by atoms with E-state index in [2.05, 4.69) is 16.0 Å². The molecule has 1 heterocycles. The third-order valence-corrected chi connectivity index (χ3v) is 1.33. The van der Waals surface area contributed by atoms with Gasteiger partial charge in [-0.1, -0.05) is 0 Å². The van der Waals surface area contributed by atoms with E-state index in [4.69, 9.17) is 5.11 Å². The number of halogens is 3. The fourth-order valence-electron chi connectivity index (χ4n) is 0.608. The summed E-state index contributed by atoms with van der Waals surface area (Å²) in [6.45, 7) is 0. The van der Waals surface area contributed by atoms with Crippen LogP contribution in [0, 0.1) is 0 Å². The van der Waals surface area contributed by atoms with Crippen LogP contribution in [0.4, 0.5) is 8.78 Å². The van der Waals surface area contributed by atoms with E-state index in [1.54, 1.807) is 0 Å². The number of aliphatic hydroxyl groups is 1. The van der Waals surface area contributed by atoms with Gasteiger partial charge in [-0.3, -0.25) is 0 Å². The molecule has 0 spiro atoms. The Hall–Kier alpha value is -0.610. The van der Waals surface area contributed by atoms with Crippen LogP contribution in [0.5, 0.6) is 0 Å². The SMILES string of the molecule is OC(c1ccco1)C(F)(F)Cl. The van der Waals surface area contributed by atoms with Gasteiger partial charge in [0.2, 0.25) is 0 Å². The summed E-state index contributed by atoms with van der Waals surface area (Å²) in [5.74, 6) is -0.245. The summed E-state index contributed by atoms with van der Waals surface area (Å²) >= 11 is 4.53. The second-order valence-corrected chi connectivity index (χ2v) is 2.46. The highest BCUT2D eigenvalue weighted by Crippen LogP contribution is 2.34. The maximum absolute atomic E-state index is 12.1. The predicted octanol–water partition coefficient (Wildman–Crippen LogP) is 2.14. The first-order valence-electron chi connectivity index (χ1n) is 2.80. The first kappa shape index (κ1) is 8.49. The average molecular weight is 183 g/mol. The van der Waals surface area contributed by atoms with Crippen LogP contribution in [-0.2, 0) is 0 Å². The van der Waals surface area contributed by atoms with Gasteiger partial charge in [-0.25, -0.2) is 0 Å². The number of hydrogen-bond acceptors (Lipinski definition) is 2. The van der Waals surface area contributed by atoms with Gasteiger partial charge >= 0.3 is 5.38 Å². The molecule has 11 heavy (non-hydrogen) atoms. The second kappa shape index (κ2) is 2.79. The molecule has 1 atom stereocenters.